The van der Waals surface area contributed by atoms with Crippen LogP contribution in [0.1, 0.15) is 0 Å². The second-order valence-corrected chi connectivity index (χ2v) is 4.78. The van der Waals surface area contributed by atoms with E-state index < -0.39 is 0 Å². The summed E-state index contributed by atoms with van der Waals surface area (Å²) in [7, 11) is 0. The van der Waals surface area contributed by atoms with Gasteiger partial charge in [0.25, 0.3) is 0 Å². The maximum Gasteiger partial charge on any atom is 0.181 e. The highest BCUT2D eigenvalue weighted by molar-refractivity contribution is 5.53. The molecule has 18 heavy (non-hydrogen) atoms. The fourth-order valence-corrected chi connectivity index (χ4v) is 2.06. The monoisotopic (exact) mass is 245 g/mol. The molecule has 5 nitrogen and oxygen atoms in total. The Morgan fingerprint density at radius 2 is 2.06 bits per heavy atom. The van der Waals surface area contributed by atoms with Crippen molar-refractivity contribution in [2.45, 2.75) is 6.54 Å². The Labute approximate surface area is 105 Å². The van der Waals surface area contributed by atoms with Gasteiger partial charge in [0.15, 0.2) is 5.82 Å². The summed E-state index contributed by atoms with van der Waals surface area (Å²) in [6.07, 6.45) is 1.71. The molecule has 1 aromatic carbocycles. The van der Waals surface area contributed by atoms with Crippen LogP contribution in [-0.4, -0.2) is 39.7 Å². The number of aliphatic hydroxyl groups is 1. The van der Waals surface area contributed by atoms with E-state index in [0.29, 0.717) is 25.6 Å². The van der Waals surface area contributed by atoms with Gasteiger partial charge in [0.05, 0.1) is 31.8 Å². The molecular weight excluding hydrogens is 230 g/mol. The van der Waals surface area contributed by atoms with Gasteiger partial charge in [-0.3, -0.25) is 4.68 Å². The summed E-state index contributed by atoms with van der Waals surface area (Å²) < 4.78 is 6.95. The molecule has 3 rings (SSSR count). The first-order valence-corrected chi connectivity index (χ1v) is 5.95. The van der Waals surface area contributed by atoms with Crippen molar-refractivity contribution < 1.29 is 9.84 Å². The van der Waals surface area contributed by atoms with Gasteiger partial charge < -0.3 is 9.84 Å². The summed E-state index contributed by atoms with van der Waals surface area (Å²) in [4.78, 5) is 4.29. The van der Waals surface area contributed by atoms with Crippen LogP contribution in [0.5, 0.6) is 0 Å². The van der Waals surface area contributed by atoms with Crippen molar-refractivity contribution in [3.05, 3.63) is 36.7 Å². The van der Waals surface area contributed by atoms with Crippen LogP contribution in [0.15, 0.2) is 36.7 Å². The molecule has 0 spiro atoms. The quantitative estimate of drug-likeness (QED) is 0.871. The molecule has 2 heterocycles. The summed E-state index contributed by atoms with van der Waals surface area (Å²) in [5.74, 6) is 0.712. The van der Waals surface area contributed by atoms with Crippen LogP contribution in [-0.2, 0) is 11.3 Å². The van der Waals surface area contributed by atoms with Gasteiger partial charge in [0, 0.05) is 5.56 Å². The van der Waals surface area contributed by atoms with Gasteiger partial charge in [-0.15, -0.1) is 0 Å². The van der Waals surface area contributed by atoms with E-state index in [1.807, 2.05) is 30.3 Å². The topological polar surface area (TPSA) is 60.2 Å². The number of ether oxygens (including phenoxy) is 1. The lowest BCUT2D eigenvalue weighted by Crippen LogP contribution is -2.48. The maximum absolute atomic E-state index is 9.38. The van der Waals surface area contributed by atoms with Crippen molar-refractivity contribution in [1.82, 2.24) is 14.8 Å². The molecule has 0 saturated carbocycles. The van der Waals surface area contributed by atoms with Crippen LogP contribution in [0, 0.1) is 5.41 Å². The molecule has 1 fully saturated rings. The number of hydrogen-bond acceptors (Lipinski definition) is 4. The molecule has 0 unspecified atom stereocenters. The lowest BCUT2D eigenvalue weighted by atomic mass is 9.87. The van der Waals surface area contributed by atoms with Gasteiger partial charge in [-0.25, -0.2) is 4.98 Å². The Balaban J connectivity index is 1.78. The lowest BCUT2D eigenvalue weighted by Gasteiger charge is -2.39. The van der Waals surface area contributed by atoms with Crippen LogP contribution in [0.4, 0.5) is 0 Å². The number of hydrogen-bond donors (Lipinski definition) is 1. The number of nitrogens with zero attached hydrogens (tertiary/aromatic N) is 3. The van der Waals surface area contributed by atoms with E-state index in [2.05, 4.69) is 10.1 Å². The van der Waals surface area contributed by atoms with Crippen LogP contribution >= 0.6 is 0 Å². The first-order chi connectivity index (χ1) is 8.81. The van der Waals surface area contributed by atoms with Gasteiger partial charge in [0.1, 0.15) is 6.33 Å². The highest BCUT2D eigenvalue weighted by Gasteiger charge is 2.38. The molecule has 0 amide bonds. The van der Waals surface area contributed by atoms with Crippen molar-refractivity contribution in [2.24, 2.45) is 5.41 Å². The summed E-state index contributed by atoms with van der Waals surface area (Å²) >= 11 is 0. The Morgan fingerprint density at radius 1 is 1.28 bits per heavy atom. The lowest BCUT2D eigenvalue weighted by molar-refractivity contribution is -0.146. The first-order valence-electron chi connectivity index (χ1n) is 5.95. The van der Waals surface area contributed by atoms with E-state index in [-0.39, 0.29) is 12.0 Å². The molecule has 94 valence electrons. The standard InChI is InChI=1S/C13H15N3O2/c17-7-13(8-18-9-13)6-16-10-14-12(15-16)11-4-2-1-3-5-11/h1-5,10,17H,6-9H2. The minimum Gasteiger partial charge on any atom is -0.396 e. The fraction of sp³-hybridized carbons (Fsp3) is 0.385. The molecule has 5 heteroatoms. The molecule has 1 saturated heterocycles. The molecule has 1 aromatic heterocycles. The summed E-state index contributed by atoms with van der Waals surface area (Å²) in [6, 6.07) is 9.85. The minimum absolute atomic E-state index is 0.119. The van der Waals surface area contributed by atoms with Crippen molar-refractivity contribution in [1.29, 1.82) is 0 Å². The Kier molecular flexibility index (Phi) is 2.85. The largest absolute Gasteiger partial charge is 0.396 e. The Bertz CT molecular complexity index is 515. The van der Waals surface area contributed by atoms with Gasteiger partial charge in [-0.05, 0) is 0 Å². The van der Waals surface area contributed by atoms with E-state index >= 15 is 0 Å². The van der Waals surface area contributed by atoms with Crippen LogP contribution in [0.3, 0.4) is 0 Å². The van der Waals surface area contributed by atoms with E-state index in [0.717, 1.165) is 5.56 Å². The zero-order valence-electron chi connectivity index (χ0n) is 9.99. The summed E-state index contributed by atoms with van der Waals surface area (Å²) in [6.45, 7) is 1.94. The second-order valence-electron chi connectivity index (χ2n) is 4.78. The Morgan fingerprint density at radius 3 is 2.67 bits per heavy atom. The maximum atomic E-state index is 9.38. The van der Waals surface area contributed by atoms with E-state index in [9.17, 15) is 5.11 Å². The third-order valence-electron chi connectivity index (χ3n) is 3.22. The number of rotatable bonds is 4. The van der Waals surface area contributed by atoms with Gasteiger partial charge in [0.2, 0.25) is 0 Å². The van der Waals surface area contributed by atoms with E-state index in [1.165, 1.54) is 0 Å². The van der Waals surface area contributed by atoms with Gasteiger partial charge in [-0.2, -0.15) is 5.10 Å². The van der Waals surface area contributed by atoms with Crippen LogP contribution < -0.4 is 0 Å². The number of benzene rings is 1. The number of aliphatic hydroxyl groups excluding tert-OH is 1. The van der Waals surface area contributed by atoms with Crippen molar-refractivity contribution in [3.63, 3.8) is 0 Å². The predicted molar refractivity (Wildman–Crippen MR) is 65.8 cm³/mol. The zero-order valence-corrected chi connectivity index (χ0v) is 9.99. The van der Waals surface area contributed by atoms with Crippen LogP contribution in [0.25, 0.3) is 11.4 Å². The summed E-state index contributed by atoms with van der Waals surface area (Å²) in [5.41, 5.74) is 0.820. The molecular formula is C13H15N3O2. The Hall–Kier alpha value is -1.72. The summed E-state index contributed by atoms with van der Waals surface area (Å²) in [5, 5.41) is 13.8. The number of aromatic nitrogens is 3. The zero-order chi connectivity index (χ0) is 12.4. The minimum atomic E-state index is -0.179. The van der Waals surface area contributed by atoms with E-state index in [4.69, 9.17) is 4.74 Å². The molecule has 0 radical (unpaired) electrons. The van der Waals surface area contributed by atoms with Crippen molar-refractivity contribution in [3.8, 4) is 11.4 Å². The third-order valence-corrected chi connectivity index (χ3v) is 3.22. The molecule has 0 atom stereocenters. The molecule has 0 aliphatic carbocycles. The molecule has 1 aliphatic rings. The van der Waals surface area contributed by atoms with Gasteiger partial charge in [-0.1, -0.05) is 30.3 Å². The smallest absolute Gasteiger partial charge is 0.181 e. The average Bonchev–Trinajstić information content (AvgIpc) is 2.83. The van der Waals surface area contributed by atoms with Crippen molar-refractivity contribution >= 4 is 0 Å². The van der Waals surface area contributed by atoms with Gasteiger partial charge >= 0.3 is 0 Å². The molecule has 2 aromatic rings. The predicted octanol–water partition coefficient (Wildman–Crippen LogP) is 0.954. The van der Waals surface area contributed by atoms with Crippen LogP contribution in [0.2, 0.25) is 0 Å². The highest BCUT2D eigenvalue weighted by atomic mass is 16.5. The SMILES string of the molecule is OCC1(Cn2cnc(-c3ccccc3)n2)COC1. The fourth-order valence-electron chi connectivity index (χ4n) is 2.06. The second kappa shape index (κ2) is 4.51. The highest BCUT2D eigenvalue weighted by Crippen LogP contribution is 2.28. The molecule has 1 N–H and O–H groups in total. The normalized spacial score (nSPS) is 17.4. The molecule has 1 aliphatic heterocycles. The van der Waals surface area contributed by atoms with Crippen molar-refractivity contribution in [2.75, 3.05) is 19.8 Å². The first kappa shape index (κ1) is 11.4. The van der Waals surface area contributed by atoms with E-state index in [1.54, 1.807) is 11.0 Å². The third kappa shape index (κ3) is 2.02. The average molecular weight is 245 g/mol. The molecule has 0 bridgehead atoms.